The van der Waals surface area contributed by atoms with Crippen LogP contribution in [-0.4, -0.2) is 44.0 Å². The molecular weight excluding hydrogens is 316 g/mol. The molecule has 2 aliphatic rings. The van der Waals surface area contributed by atoms with Gasteiger partial charge in [-0.05, 0) is 39.2 Å². The highest BCUT2D eigenvalue weighted by molar-refractivity contribution is 5.54. The van der Waals surface area contributed by atoms with Crippen LogP contribution in [-0.2, 0) is 0 Å². The van der Waals surface area contributed by atoms with Gasteiger partial charge in [-0.2, -0.15) is 10.1 Å². The molecule has 0 amide bonds. The van der Waals surface area contributed by atoms with E-state index < -0.39 is 0 Å². The standard InChI is InChI=1S/C18H26N6O/c1-11-9-18(3,12(2)25)10-24(11)17-19-7-6-15(21-17)20-16-8-14(22-23-16)13-4-5-13/h6-8,11-13,25H,4-5,9-10H2,1-3H3,(H2,19,20,21,22,23). The minimum Gasteiger partial charge on any atom is -0.393 e. The molecule has 3 atom stereocenters. The molecule has 3 N–H and O–H groups in total. The Morgan fingerprint density at radius 2 is 2.20 bits per heavy atom. The molecule has 1 saturated carbocycles. The van der Waals surface area contributed by atoms with Gasteiger partial charge in [0.25, 0.3) is 0 Å². The van der Waals surface area contributed by atoms with Crippen molar-refractivity contribution in [3.05, 3.63) is 24.0 Å². The summed E-state index contributed by atoms with van der Waals surface area (Å²) in [5.41, 5.74) is 1.06. The molecule has 1 aliphatic carbocycles. The number of nitrogens with zero attached hydrogens (tertiary/aromatic N) is 4. The molecule has 134 valence electrons. The molecular formula is C18H26N6O. The Morgan fingerprint density at radius 3 is 2.88 bits per heavy atom. The number of rotatable bonds is 5. The van der Waals surface area contributed by atoms with E-state index in [1.54, 1.807) is 6.20 Å². The number of aliphatic hydroxyl groups excluding tert-OH is 1. The van der Waals surface area contributed by atoms with Crippen molar-refractivity contribution in [2.75, 3.05) is 16.8 Å². The second kappa shape index (κ2) is 5.98. The van der Waals surface area contributed by atoms with Gasteiger partial charge < -0.3 is 15.3 Å². The first kappa shape index (κ1) is 16.3. The van der Waals surface area contributed by atoms with Crippen LogP contribution in [0.25, 0.3) is 0 Å². The van der Waals surface area contributed by atoms with Crippen molar-refractivity contribution in [3.63, 3.8) is 0 Å². The average molecular weight is 342 g/mol. The van der Waals surface area contributed by atoms with Crippen LogP contribution in [0.2, 0.25) is 0 Å². The van der Waals surface area contributed by atoms with Crippen molar-refractivity contribution in [2.45, 2.75) is 58.1 Å². The Kier molecular flexibility index (Phi) is 3.91. The van der Waals surface area contributed by atoms with Gasteiger partial charge in [0.2, 0.25) is 5.95 Å². The van der Waals surface area contributed by atoms with Crippen LogP contribution < -0.4 is 10.2 Å². The fourth-order valence-corrected chi connectivity index (χ4v) is 3.66. The predicted molar refractivity (Wildman–Crippen MR) is 97.1 cm³/mol. The quantitative estimate of drug-likeness (QED) is 0.774. The highest BCUT2D eigenvalue weighted by Crippen LogP contribution is 2.40. The van der Waals surface area contributed by atoms with Gasteiger partial charge in [-0.1, -0.05) is 6.92 Å². The van der Waals surface area contributed by atoms with Crippen molar-refractivity contribution in [2.24, 2.45) is 5.41 Å². The van der Waals surface area contributed by atoms with E-state index in [0.717, 1.165) is 24.6 Å². The lowest BCUT2D eigenvalue weighted by Gasteiger charge is -2.27. The zero-order valence-electron chi connectivity index (χ0n) is 15.0. The molecule has 0 bridgehead atoms. The van der Waals surface area contributed by atoms with Crippen molar-refractivity contribution < 1.29 is 5.11 Å². The third kappa shape index (κ3) is 3.20. The van der Waals surface area contributed by atoms with Gasteiger partial charge in [0.1, 0.15) is 5.82 Å². The van der Waals surface area contributed by atoms with Gasteiger partial charge >= 0.3 is 0 Å². The van der Waals surface area contributed by atoms with E-state index in [4.69, 9.17) is 0 Å². The lowest BCUT2D eigenvalue weighted by atomic mass is 9.83. The Bertz CT molecular complexity index is 756. The first-order chi connectivity index (χ1) is 11.9. The summed E-state index contributed by atoms with van der Waals surface area (Å²) in [6, 6.07) is 4.20. The Hall–Kier alpha value is -2.15. The summed E-state index contributed by atoms with van der Waals surface area (Å²) >= 11 is 0. The summed E-state index contributed by atoms with van der Waals surface area (Å²) in [7, 11) is 0. The van der Waals surface area contributed by atoms with E-state index >= 15 is 0 Å². The third-order valence-corrected chi connectivity index (χ3v) is 5.60. The zero-order chi connectivity index (χ0) is 17.6. The number of aromatic nitrogens is 4. The molecule has 7 heteroatoms. The van der Waals surface area contributed by atoms with E-state index in [2.05, 4.69) is 50.3 Å². The normalized spacial score (nSPS) is 27.5. The molecule has 2 aromatic rings. The average Bonchev–Trinajstić information content (AvgIpc) is 3.24. The van der Waals surface area contributed by atoms with Crippen LogP contribution >= 0.6 is 0 Å². The monoisotopic (exact) mass is 342 g/mol. The molecule has 0 radical (unpaired) electrons. The second-order valence-electron chi connectivity index (χ2n) is 7.86. The van der Waals surface area contributed by atoms with Crippen LogP contribution in [0.15, 0.2) is 18.3 Å². The molecule has 3 heterocycles. The largest absolute Gasteiger partial charge is 0.393 e. The Morgan fingerprint density at radius 1 is 1.40 bits per heavy atom. The van der Waals surface area contributed by atoms with E-state index in [-0.39, 0.29) is 11.5 Å². The number of H-pyrrole nitrogens is 1. The molecule has 7 nitrogen and oxygen atoms in total. The molecule has 2 aromatic heterocycles. The first-order valence-electron chi connectivity index (χ1n) is 9.05. The van der Waals surface area contributed by atoms with Gasteiger partial charge in [-0.15, -0.1) is 0 Å². The Balaban J connectivity index is 1.51. The summed E-state index contributed by atoms with van der Waals surface area (Å²) in [4.78, 5) is 11.3. The molecule has 1 aliphatic heterocycles. The maximum atomic E-state index is 10.1. The highest BCUT2D eigenvalue weighted by Gasteiger charge is 2.42. The number of aliphatic hydroxyl groups is 1. The van der Waals surface area contributed by atoms with Crippen LogP contribution in [0.3, 0.4) is 0 Å². The van der Waals surface area contributed by atoms with Crippen molar-refractivity contribution in [1.82, 2.24) is 20.2 Å². The van der Waals surface area contributed by atoms with E-state index in [1.165, 1.54) is 18.5 Å². The van der Waals surface area contributed by atoms with Crippen LogP contribution in [0, 0.1) is 5.41 Å². The van der Waals surface area contributed by atoms with E-state index in [9.17, 15) is 5.11 Å². The lowest BCUT2D eigenvalue weighted by molar-refractivity contribution is 0.0667. The summed E-state index contributed by atoms with van der Waals surface area (Å²) < 4.78 is 0. The Labute approximate surface area is 147 Å². The number of hydrogen-bond donors (Lipinski definition) is 3. The van der Waals surface area contributed by atoms with Gasteiger partial charge in [-0.25, -0.2) is 4.98 Å². The summed E-state index contributed by atoms with van der Waals surface area (Å²) in [6.45, 7) is 6.90. The molecule has 4 rings (SSSR count). The van der Waals surface area contributed by atoms with Crippen molar-refractivity contribution >= 4 is 17.6 Å². The number of anilines is 3. The van der Waals surface area contributed by atoms with Gasteiger partial charge in [0.15, 0.2) is 5.82 Å². The molecule has 0 aromatic carbocycles. The molecule has 0 spiro atoms. The fraction of sp³-hybridized carbons (Fsp3) is 0.611. The van der Waals surface area contributed by atoms with Crippen LogP contribution in [0.5, 0.6) is 0 Å². The molecule has 3 unspecified atom stereocenters. The smallest absolute Gasteiger partial charge is 0.227 e. The highest BCUT2D eigenvalue weighted by atomic mass is 16.3. The van der Waals surface area contributed by atoms with E-state index in [1.807, 2.05) is 13.0 Å². The first-order valence-corrected chi connectivity index (χ1v) is 9.05. The number of aromatic amines is 1. The fourth-order valence-electron chi connectivity index (χ4n) is 3.66. The lowest BCUT2D eigenvalue weighted by Crippen LogP contribution is -2.34. The molecule has 2 fully saturated rings. The number of nitrogens with one attached hydrogen (secondary N) is 2. The van der Waals surface area contributed by atoms with Gasteiger partial charge in [-0.3, -0.25) is 5.10 Å². The zero-order valence-corrected chi connectivity index (χ0v) is 15.0. The van der Waals surface area contributed by atoms with Crippen LogP contribution in [0.4, 0.5) is 17.6 Å². The predicted octanol–water partition coefficient (Wildman–Crippen LogP) is 2.81. The second-order valence-corrected chi connectivity index (χ2v) is 7.86. The van der Waals surface area contributed by atoms with Crippen molar-refractivity contribution in [1.29, 1.82) is 0 Å². The van der Waals surface area contributed by atoms with Crippen molar-refractivity contribution in [3.8, 4) is 0 Å². The summed E-state index contributed by atoms with van der Waals surface area (Å²) in [5, 5.41) is 20.8. The maximum absolute atomic E-state index is 10.1. The molecule has 25 heavy (non-hydrogen) atoms. The van der Waals surface area contributed by atoms with E-state index in [0.29, 0.717) is 17.9 Å². The topological polar surface area (TPSA) is 90.0 Å². The summed E-state index contributed by atoms with van der Waals surface area (Å²) in [5.74, 6) is 2.86. The minimum absolute atomic E-state index is 0.131. The minimum atomic E-state index is -0.355. The number of hydrogen-bond acceptors (Lipinski definition) is 6. The van der Waals surface area contributed by atoms with Gasteiger partial charge in [0, 0.05) is 41.9 Å². The van der Waals surface area contributed by atoms with Gasteiger partial charge in [0.05, 0.1) is 6.10 Å². The molecule has 1 saturated heterocycles. The summed E-state index contributed by atoms with van der Waals surface area (Å²) in [6.07, 6.45) is 4.83. The van der Waals surface area contributed by atoms with Crippen LogP contribution in [0.1, 0.15) is 51.6 Å². The SMILES string of the molecule is CC1CC(C)(C(C)O)CN1c1nccc(Nc2cc(C3CC3)[nH]n2)n1. The third-order valence-electron chi connectivity index (χ3n) is 5.60. The maximum Gasteiger partial charge on any atom is 0.227 e.